The van der Waals surface area contributed by atoms with E-state index in [4.69, 9.17) is 5.84 Å². The van der Waals surface area contributed by atoms with Crippen molar-refractivity contribution in [1.82, 2.24) is 15.2 Å². The maximum absolute atomic E-state index is 5.76. The minimum atomic E-state index is -0.0333. The van der Waals surface area contributed by atoms with Gasteiger partial charge in [-0.25, -0.2) is 5.43 Å². The van der Waals surface area contributed by atoms with Crippen LogP contribution < -0.4 is 11.3 Å². The molecule has 1 aromatic heterocycles. The normalized spacial score (nSPS) is 12.9. The van der Waals surface area contributed by atoms with E-state index in [9.17, 15) is 0 Å². The molecule has 0 aliphatic rings. The molecule has 20 heavy (non-hydrogen) atoms. The quantitative estimate of drug-likeness (QED) is 0.650. The molecule has 2 rings (SSSR count). The molecular weight excluding hydrogens is 248 g/mol. The largest absolute Gasteiger partial charge is 0.271 e. The van der Waals surface area contributed by atoms with Crippen LogP contribution in [0.1, 0.15) is 55.2 Å². The van der Waals surface area contributed by atoms with Crippen molar-refractivity contribution in [3.05, 3.63) is 52.8 Å². The van der Waals surface area contributed by atoms with Gasteiger partial charge < -0.3 is 0 Å². The summed E-state index contributed by atoms with van der Waals surface area (Å²) in [6.07, 6.45) is 0.928. The molecule has 1 unspecified atom stereocenters. The minimum absolute atomic E-state index is 0.0333. The number of nitrogens with zero attached hydrogens (tertiary/aromatic N) is 2. The van der Waals surface area contributed by atoms with Gasteiger partial charge in [0.15, 0.2) is 0 Å². The van der Waals surface area contributed by atoms with Gasteiger partial charge in [-0.05, 0) is 29.5 Å². The molecule has 0 saturated carbocycles. The molecule has 0 aliphatic carbocycles. The molecule has 0 bridgehead atoms. The Kier molecular flexibility index (Phi) is 4.57. The van der Waals surface area contributed by atoms with E-state index in [1.165, 1.54) is 5.56 Å². The third-order valence-corrected chi connectivity index (χ3v) is 3.73. The van der Waals surface area contributed by atoms with Gasteiger partial charge in [-0.2, -0.15) is 5.10 Å². The van der Waals surface area contributed by atoms with Crippen LogP contribution in [-0.4, -0.2) is 9.78 Å². The summed E-state index contributed by atoms with van der Waals surface area (Å²) in [7, 11) is 1.96. The first-order valence-electron chi connectivity index (χ1n) is 7.15. The Morgan fingerprint density at radius 3 is 2.25 bits per heavy atom. The van der Waals surface area contributed by atoms with Gasteiger partial charge in [0, 0.05) is 7.05 Å². The molecule has 0 radical (unpaired) electrons. The third kappa shape index (κ3) is 2.92. The van der Waals surface area contributed by atoms with Crippen LogP contribution in [-0.2, 0) is 13.5 Å². The lowest BCUT2D eigenvalue weighted by Crippen LogP contribution is -2.30. The third-order valence-electron chi connectivity index (χ3n) is 3.73. The van der Waals surface area contributed by atoms with E-state index in [1.54, 1.807) is 0 Å². The molecule has 108 valence electrons. The highest BCUT2D eigenvalue weighted by molar-refractivity contribution is 5.32. The zero-order valence-corrected chi connectivity index (χ0v) is 12.7. The number of hydrogen-bond acceptors (Lipinski definition) is 3. The Hall–Kier alpha value is -1.65. The highest BCUT2D eigenvalue weighted by Crippen LogP contribution is 2.24. The van der Waals surface area contributed by atoms with Crippen molar-refractivity contribution in [2.75, 3.05) is 0 Å². The summed E-state index contributed by atoms with van der Waals surface area (Å²) < 4.78 is 1.90. The van der Waals surface area contributed by atoms with Crippen LogP contribution in [0.4, 0.5) is 0 Å². The zero-order chi connectivity index (χ0) is 14.7. The summed E-state index contributed by atoms with van der Waals surface area (Å²) in [6.45, 7) is 6.50. The Morgan fingerprint density at radius 2 is 1.80 bits per heavy atom. The van der Waals surface area contributed by atoms with Crippen LogP contribution in [0.5, 0.6) is 0 Å². The number of hydrogen-bond donors (Lipinski definition) is 2. The maximum Gasteiger partial charge on any atom is 0.0878 e. The van der Waals surface area contributed by atoms with E-state index < -0.39 is 0 Å². The number of nitrogens with two attached hydrogens (primary N) is 1. The number of aryl methyl sites for hydroxylation is 2. The molecule has 0 aliphatic heterocycles. The molecule has 4 nitrogen and oxygen atoms in total. The van der Waals surface area contributed by atoms with Gasteiger partial charge in [0.05, 0.1) is 17.4 Å². The Balaban J connectivity index is 2.33. The van der Waals surface area contributed by atoms with E-state index in [0.29, 0.717) is 5.92 Å². The molecule has 1 heterocycles. The molecule has 0 amide bonds. The average Bonchev–Trinajstić information content (AvgIpc) is 2.82. The number of aromatic nitrogens is 2. The van der Waals surface area contributed by atoms with Gasteiger partial charge in [-0.15, -0.1) is 0 Å². The fraction of sp³-hybridized carbons (Fsp3) is 0.438. The molecule has 2 aromatic rings. The van der Waals surface area contributed by atoms with E-state index in [-0.39, 0.29) is 6.04 Å². The Bertz CT molecular complexity index is 554. The van der Waals surface area contributed by atoms with Crippen LogP contribution in [0.15, 0.2) is 30.3 Å². The lowest BCUT2D eigenvalue weighted by atomic mass is 9.98. The van der Waals surface area contributed by atoms with E-state index in [0.717, 1.165) is 23.4 Å². The van der Waals surface area contributed by atoms with Gasteiger partial charge >= 0.3 is 0 Å². The van der Waals surface area contributed by atoms with Gasteiger partial charge in [-0.1, -0.05) is 45.0 Å². The van der Waals surface area contributed by atoms with Crippen LogP contribution in [0.25, 0.3) is 0 Å². The summed E-state index contributed by atoms with van der Waals surface area (Å²) in [5, 5.41) is 4.49. The number of hydrazine groups is 1. The molecule has 1 atom stereocenters. The molecule has 0 spiro atoms. The van der Waals surface area contributed by atoms with Gasteiger partial charge in [0.25, 0.3) is 0 Å². The molecule has 0 fully saturated rings. The maximum atomic E-state index is 5.76. The standard InChI is InChI=1S/C16H24N4/c1-5-14-10-15(20(4)19-14)16(18-17)13-8-6-12(7-9-13)11(2)3/h6-11,16,18H,5,17H2,1-4H3. The molecule has 3 N–H and O–H groups in total. The Morgan fingerprint density at radius 1 is 1.20 bits per heavy atom. The highest BCUT2D eigenvalue weighted by atomic mass is 15.3. The van der Waals surface area contributed by atoms with Crippen LogP contribution in [0.2, 0.25) is 0 Å². The van der Waals surface area contributed by atoms with Crippen LogP contribution in [0.3, 0.4) is 0 Å². The fourth-order valence-electron chi connectivity index (χ4n) is 2.41. The Labute approximate surface area is 121 Å². The summed E-state index contributed by atoms with van der Waals surface area (Å²) in [6, 6.07) is 10.7. The zero-order valence-electron chi connectivity index (χ0n) is 12.7. The summed E-state index contributed by atoms with van der Waals surface area (Å²) in [5.41, 5.74) is 7.56. The summed E-state index contributed by atoms with van der Waals surface area (Å²) in [5.74, 6) is 6.30. The van der Waals surface area contributed by atoms with E-state index >= 15 is 0 Å². The van der Waals surface area contributed by atoms with Gasteiger partial charge in [0.1, 0.15) is 0 Å². The fourth-order valence-corrected chi connectivity index (χ4v) is 2.41. The molecule has 0 saturated heterocycles. The first-order chi connectivity index (χ1) is 9.56. The summed E-state index contributed by atoms with van der Waals surface area (Å²) >= 11 is 0. The summed E-state index contributed by atoms with van der Waals surface area (Å²) in [4.78, 5) is 0. The van der Waals surface area contributed by atoms with Gasteiger partial charge in [-0.3, -0.25) is 10.5 Å². The second-order valence-corrected chi connectivity index (χ2v) is 5.46. The van der Waals surface area contributed by atoms with Crippen LogP contribution >= 0.6 is 0 Å². The lowest BCUT2D eigenvalue weighted by Gasteiger charge is -2.17. The van der Waals surface area contributed by atoms with Crippen molar-refractivity contribution in [3.63, 3.8) is 0 Å². The minimum Gasteiger partial charge on any atom is -0.271 e. The van der Waals surface area contributed by atoms with Crippen molar-refractivity contribution in [3.8, 4) is 0 Å². The second-order valence-electron chi connectivity index (χ2n) is 5.46. The lowest BCUT2D eigenvalue weighted by molar-refractivity contribution is 0.573. The first kappa shape index (κ1) is 14.8. The van der Waals surface area contributed by atoms with Gasteiger partial charge in [0.2, 0.25) is 0 Å². The highest BCUT2D eigenvalue weighted by Gasteiger charge is 2.17. The average molecular weight is 272 g/mol. The number of benzene rings is 1. The predicted molar refractivity (Wildman–Crippen MR) is 82.3 cm³/mol. The smallest absolute Gasteiger partial charge is 0.0878 e. The number of rotatable bonds is 5. The van der Waals surface area contributed by atoms with Crippen molar-refractivity contribution < 1.29 is 0 Å². The van der Waals surface area contributed by atoms with E-state index in [2.05, 4.69) is 61.6 Å². The van der Waals surface area contributed by atoms with Crippen molar-refractivity contribution in [2.45, 2.75) is 39.2 Å². The van der Waals surface area contributed by atoms with Crippen molar-refractivity contribution >= 4 is 0 Å². The monoisotopic (exact) mass is 272 g/mol. The first-order valence-corrected chi connectivity index (χ1v) is 7.15. The number of nitrogens with one attached hydrogen (secondary N) is 1. The van der Waals surface area contributed by atoms with Crippen LogP contribution in [0, 0.1) is 0 Å². The van der Waals surface area contributed by atoms with E-state index in [1.807, 2.05) is 11.7 Å². The molecule has 4 heteroatoms. The molecule has 1 aromatic carbocycles. The molecular formula is C16H24N4. The topological polar surface area (TPSA) is 55.9 Å². The second kappa shape index (κ2) is 6.20. The SMILES string of the molecule is CCc1cc(C(NN)c2ccc(C(C)C)cc2)n(C)n1. The predicted octanol–water partition coefficient (Wildman–Crippen LogP) is 2.66. The van der Waals surface area contributed by atoms with Crippen molar-refractivity contribution in [2.24, 2.45) is 12.9 Å². The van der Waals surface area contributed by atoms with Crippen molar-refractivity contribution in [1.29, 1.82) is 0 Å².